The first kappa shape index (κ1) is 15.9. The minimum atomic E-state index is -1.14. The van der Waals surface area contributed by atoms with Crippen LogP contribution in [0.2, 0.25) is 0 Å². The first-order chi connectivity index (χ1) is 10.8. The predicted molar refractivity (Wildman–Crippen MR) is 86.1 cm³/mol. The van der Waals surface area contributed by atoms with Crippen molar-refractivity contribution in [3.8, 4) is 0 Å². The molecule has 0 saturated heterocycles. The summed E-state index contributed by atoms with van der Waals surface area (Å²) in [5, 5.41) is 4.00. The van der Waals surface area contributed by atoms with Gasteiger partial charge in [0.1, 0.15) is 5.41 Å². The Hall–Kier alpha value is -2.01. The molecule has 0 aliphatic heterocycles. The lowest BCUT2D eigenvalue weighted by atomic mass is 9.57. The molecule has 1 heterocycles. The first-order valence-corrected chi connectivity index (χ1v) is 7.96. The van der Waals surface area contributed by atoms with Crippen LogP contribution in [0, 0.1) is 18.3 Å². The van der Waals surface area contributed by atoms with Crippen molar-refractivity contribution in [3.05, 3.63) is 41.3 Å². The Kier molecular flexibility index (Phi) is 3.64. The van der Waals surface area contributed by atoms with Gasteiger partial charge in [0.25, 0.3) is 0 Å². The Balaban J connectivity index is 2.26. The molecule has 0 radical (unpaired) electrons. The van der Waals surface area contributed by atoms with E-state index in [1.165, 1.54) is 6.08 Å². The SMILES string of the molecule is C=C1C=CC(=O)C2(C)C(=O)c3c(C)noc3C(N(C)CCC)C12. The van der Waals surface area contributed by atoms with Crippen LogP contribution in [0.4, 0.5) is 0 Å². The van der Waals surface area contributed by atoms with Crippen molar-refractivity contribution in [2.75, 3.05) is 13.6 Å². The summed E-state index contributed by atoms with van der Waals surface area (Å²) < 4.78 is 5.53. The molecule has 5 nitrogen and oxygen atoms in total. The molecule has 0 aromatic carbocycles. The van der Waals surface area contributed by atoms with Gasteiger partial charge in [0.05, 0.1) is 17.3 Å². The number of hydrogen-bond acceptors (Lipinski definition) is 5. The molecule has 23 heavy (non-hydrogen) atoms. The molecule has 122 valence electrons. The fourth-order valence-electron chi connectivity index (χ4n) is 3.98. The molecule has 1 aromatic rings. The Morgan fingerprint density at radius 2 is 2.09 bits per heavy atom. The van der Waals surface area contributed by atoms with Gasteiger partial charge in [0.15, 0.2) is 17.3 Å². The van der Waals surface area contributed by atoms with E-state index in [0.717, 1.165) is 18.5 Å². The van der Waals surface area contributed by atoms with Crippen LogP contribution in [0.15, 0.2) is 28.8 Å². The Morgan fingerprint density at radius 1 is 1.39 bits per heavy atom. The summed E-state index contributed by atoms with van der Waals surface area (Å²) in [7, 11) is 1.99. The van der Waals surface area contributed by atoms with Crippen molar-refractivity contribution in [2.45, 2.75) is 33.2 Å². The molecule has 3 rings (SSSR count). The Morgan fingerprint density at radius 3 is 2.74 bits per heavy atom. The number of Topliss-reactive ketones (excluding diaryl/α,β-unsaturated/α-hetero) is 1. The normalized spacial score (nSPS) is 29.9. The van der Waals surface area contributed by atoms with Gasteiger partial charge in [-0.15, -0.1) is 0 Å². The third kappa shape index (κ3) is 1.99. The Labute approximate surface area is 136 Å². The molecule has 0 amide bonds. The average Bonchev–Trinajstić information content (AvgIpc) is 2.88. The summed E-state index contributed by atoms with van der Waals surface area (Å²) in [6.07, 6.45) is 4.16. The maximum absolute atomic E-state index is 13.1. The van der Waals surface area contributed by atoms with E-state index in [1.807, 2.05) is 7.05 Å². The van der Waals surface area contributed by atoms with Gasteiger partial charge >= 0.3 is 0 Å². The molecule has 5 heteroatoms. The quantitative estimate of drug-likeness (QED) is 0.803. The smallest absolute Gasteiger partial charge is 0.182 e. The molecule has 1 aromatic heterocycles. The number of aryl methyl sites for hydroxylation is 1. The second kappa shape index (κ2) is 5.27. The van der Waals surface area contributed by atoms with Gasteiger partial charge in [-0.25, -0.2) is 0 Å². The topological polar surface area (TPSA) is 63.4 Å². The molecule has 2 aliphatic rings. The standard InChI is InChI=1S/C18H22N2O3/c1-6-9-20(5)15-14-10(2)7-8-12(21)18(14,4)17(22)13-11(3)19-23-16(13)15/h7-8,14-15H,2,6,9H2,1,3-5H3. The monoisotopic (exact) mass is 314 g/mol. The van der Waals surface area contributed by atoms with E-state index >= 15 is 0 Å². The highest BCUT2D eigenvalue weighted by Gasteiger charge is 2.59. The van der Waals surface area contributed by atoms with E-state index in [9.17, 15) is 9.59 Å². The van der Waals surface area contributed by atoms with Crippen molar-refractivity contribution >= 4 is 11.6 Å². The van der Waals surface area contributed by atoms with Crippen molar-refractivity contribution < 1.29 is 14.1 Å². The summed E-state index contributed by atoms with van der Waals surface area (Å²) in [5.41, 5.74) is 0.663. The number of aromatic nitrogens is 1. The molecule has 0 spiro atoms. The largest absolute Gasteiger partial charge is 0.359 e. The van der Waals surface area contributed by atoms with E-state index in [-0.39, 0.29) is 23.5 Å². The Bertz CT molecular complexity index is 731. The summed E-state index contributed by atoms with van der Waals surface area (Å²) in [6.45, 7) is 10.5. The highest BCUT2D eigenvalue weighted by atomic mass is 16.5. The van der Waals surface area contributed by atoms with E-state index in [1.54, 1.807) is 19.9 Å². The minimum Gasteiger partial charge on any atom is -0.359 e. The van der Waals surface area contributed by atoms with Gasteiger partial charge in [-0.1, -0.05) is 24.7 Å². The van der Waals surface area contributed by atoms with Gasteiger partial charge in [0.2, 0.25) is 0 Å². The molecule has 2 aliphatic carbocycles. The number of carbonyl (C=O) groups is 2. The number of nitrogens with zero attached hydrogens (tertiary/aromatic N) is 2. The van der Waals surface area contributed by atoms with Crippen LogP contribution in [-0.2, 0) is 4.79 Å². The van der Waals surface area contributed by atoms with Crippen molar-refractivity contribution in [1.29, 1.82) is 0 Å². The first-order valence-electron chi connectivity index (χ1n) is 7.96. The van der Waals surface area contributed by atoms with Crippen molar-refractivity contribution in [1.82, 2.24) is 10.1 Å². The van der Waals surface area contributed by atoms with Gasteiger partial charge in [-0.3, -0.25) is 14.5 Å². The van der Waals surface area contributed by atoms with Crippen LogP contribution in [0.1, 0.15) is 48.1 Å². The van der Waals surface area contributed by atoms with Gasteiger partial charge in [0, 0.05) is 5.92 Å². The molecule has 0 N–H and O–H groups in total. The van der Waals surface area contributed by atoms with E-state index < -0.39 is 5.41 Å². The number of carbonyl (C=O) groups excluding carboxylic acids is 2. The molecule has 0 fully saturated rings. The number of hydrogen-bond donors (Lipinski definition) is 0. The highest BCUT2D eigenvalue weighted by Crippen LogP contribution is 2.54. The van der Waals surface area contributed by atoms with Crippen molar-refractivity contribution in [3.63, 3.8) is 0 Å². The molecule has 0 saturated carbocycles. The second-order valence-electron chi connectivity index (χ2n) is 6.71. The number of ketones is 2. The fourth-order valence-corrected chi connectivity index (χ4v) is 3.98. The van der Waals surface area contributed by atoms with Gasteiger partial charge < -0.3 is 4.52 Å². The second-order valence-corrected chi connectivity index (χ2v) is 6.71. The summed E-state index contributed by atoms with van der Waals surface area (Å²) in [4.78, 5) is 27.9. The third-order valence-electron chi connectivity index (χ3n) is 5.21. The molecule has 3 unspecified atom stereocenters. The van der Waals surface area contributed by atoms with E-state index in [2.05, 4.69) is 23.6 Å². The van der Waals surface area contributed by atoms with Crippen LogP contribution in [-0.4, -0.2) is 35.2 Å². The number of rotatable bonds is 3. The average molecular weight is 314 g/mol. The summed E-state index contributed by atoms with van der Waals surface area (Å²) in [5.74, 6) is -0.131. The van der Waals surface area contributed by atoms with Crippen LogP contribution >= 0.6 is 0 Å². The third-order valence-corrected chi connectivity index (χ3v) is 5.21. The van der Waals surface area contributed by atoms with Crippen molar-refractivity contribution in [2.24, 2.45) is 11.3 Å². The zero-order chi connectivity index (χ0) is 16.9. The van der Waals surface area contributed by atoms with Crippen LogP contribution in [0.3, 0.4) is 0 Å². The van der Waals surface area contributed by atoms with Gasteiger partial charge in [-0.2, -0.15) is 0 Å². The highest BCUT2D eigenvalue weighted by molar-refractivity contribution is 6.20. The zero-order valence-electron chi connectivity index (χ0n) is 14.0. The number of allylic oxidation sites excluding steroid dienone is 2. The lowest BCUT2D eigenvalue weighted by Gasteiger charge is -2.47. The van der Waals surface area contributed by atoms with Crippen LogP contribution in [0.25, 0.3) is 0 Å². The molecule has 3 atom stereocenters. The van der Waals surface area contributed by atoms with Crippen LogP contribution in [0.5, 0.6) is 0 Å². The van der Waals surface area contributed by atoms with E-state index in [0.29, 0.717) is 17.0 Å². The number of fused-ring (bicyclic) bond motifs is 2. The fraction of sp³-hybridized carbons (Fsp3) is 0.500. The molecular formula is C18H22N2O3. The van der Waals surface area contributed by atoms with Gasteiger partial charge in [-0.05, 0) is 45.5 Å². The maximum atomic E-state index is 13.1. The summed E-state index contributed by atoms with van der Waals surface area (Å²) in [6, 6.07) is -0.213. The summed E-state index contributed by atoms with van der Waals surface area (Å²) >= 11 is 0. The van der Waals surface area contributed by atoms with E-state index in [4.69, 9.17) is 4.52 Å². The lowest BCUT2D eigenvalue weighted by molar-refractivity contribution is -0.124. The minimum absolute atomic E-state index is 0.166. The predicted octanol–water partition coefficient (Wildman–Crippen LogP) is 2.88. The zero-order valence-corrected chi connectivity index (χ0v) is 14.0. The molecular weight excluding hydrogens is 292 g/mol. The molecule has 0 bridgehead atoms. The lowest BCUT2D eigenvalue weighted by Crippen LogP contribution is -2.53. The maximum Gasteiger partial charge on any atom is 0.182 e. The van der Waals surface area contributed by atoms with Crippen LogP contribution < -0.4 is 0 Å².